The minimum Gasteiger partial charge on any atom is -0.759 e. The van der Waals surface area contributed by atoms with Crippen LogP contribution in [0.5, 0.6) is 0 Å². The maximum atomic E-state index is 9.68. The van der Waals surface area contributed by atoms with Gasteiger partial charge in [0.15, 0.2) is 5.96 Å². The molecule has 0 aliphatic heterocycles. The average Bonchev–Trinajstić information content (AvgIpc) is 1.52. The van der Waals surface area contributed by atoms with Gasteiger partial charge in [-0.15, -0.1) is 0 Å². The molecule has 0 aliphatic carbocycles. The lowest BCUT2D eigenvalue weighted by atomic mass is 11.0. The van der Waals surface area contributed by atoms with Gasteiger partial charge in [0.2, 0.25) is 0 Å². The predicted octanol–water partition coefficient (Wildman–Crippen LogP) is -3.00. The molecule has 72 valence electrons. The molecule has 0 saturated carbocycles. The molecule has 0 unspecified atom stereocenters. The SMILES string of the molecule is NC(=O)N=C(N)N.O=S(=O)([O-])[O-]. The van der Waals surface area contributed by atoms with Crippen LogP contribution in [-0.2, 0) is 10.4 Å². The first-order valence-corrected chi connectivity index (χ1v) is 3.52. The Kier molecular flexibility index (Phi) is 5.82. The third-order valence-corrected chi connectivity index (χ3v) is 0.239. The summed E-state index contributed by atoms with van der Waals surface area (Å²) in [6.07, 6.45) is 0. The van der Waals surface area contributed by atoms with Crippen LogP contribution in [0.1, 0.15) is 0 Å². The average molecular weight is 198 g/mol. The van der Waals surface area contributed by atoms with Crippen LogP contribution in [0.3, 0.4) is 0 Å². The molecule has 0 radical (unpaired) electrons. The fourth-order valence-electron chi connectivity index (χ4n) is 0.127. The maximum Gasteiger partial charge on any atom is 0.341 e. The van der Waals surface area contributed by atoms with Gasteiger partial charge in [0.1, 0.15) is 0 Å². The number of guanidine groups is 1. The number of carbonyl (C=O) groups excluding carboxylic acids is 1. The Bertz CT molecular complexity index is 255. The van der Waals surface area contributed by atoms with Gasteiger partial charge in [-0.3, -0.25) is 8.42 Å². The van der Waals surface area contributed by atoms with E-state index in [1.54, 1.807) is 0 Å². The second-order valence-electron chi connectivity index (χ2n) is 1.28. The lowest BCUT2D eigenvalue weighted by molar-refractivity contribution is 0.256. The molecule has 0 saturated heterocycles. The van der Waals surface area contributed by atoms with Crippen molar-refractivity contribution in [2.24, 2.45) is 22.2 Å². The molecule has 0 aliphatic rings. The summed E-state index contributed by atoms with van der Waals surface area (Å²) in [5.74, 6) is -0.312. The molecule has 9 nitrogen and oxygen atoms in total. The van der Waals surface area contributed by atoms with Crippen molar-refractivity contribution in [3.8, 4) is 0 Å². The highest BCUT2D eigenvalue weighted by molar-refractivity contribution is 7.79. The number of urea groups is 1. The van der Waals surface area contributed by atoms with Crippen LogP contribution in [0.4, 0.5) is 4.79 Å². The van der Waals surface area contributed by atoms with E-state index in [2.05, 4.69) is 10.7 Å². The van der Waals surface area contributed by atoms with Crippen molar-refractivity contribution in [2.45, 2.75) is 0 Å². The molecule has 0 atom stereocenters. The van der Waals surface area contributed by atoms with E-state index in [-0.39, 0.29) is 5.96 Å². The predicted molar refractivity (Wildman–Crippen MR) is 35.9 cm³/mol. The van der Waals surface area contributed by atoms with Crippen molar-refractivity contribution in [3.05, 3.63) is 0 Å². The number of amides is 2. The largest absolute Gasteiger partial charge is 0.759 e. The summed E-state index contributed by atoms with van der Waals surface area (Å²) in [6.45, 7) is 0. The van der Waals surface area contributed by atoms with Crippen LogP contribution in [0.2, 0.25) is 0 Å². The first kappa shape index (κ1) is 13.2. The van der Waals surface area contributed by atoms with Gasteiger partial charge in [0.05, 0.1) is 0 Å². The molecule has 0 spiro atoms. The van der Waals surface area contributed by atoms with Crippen LogP contribution in [0.25, 0.3) is 0 Å². The Morgan fingerprint density at radius 2 is 1.42 bits per heavy atom. The molecule has 0 rings (SSSR count). The van der Waals surface area contributed by atoms with E-state index in [9.17, 15) is 4.79 Å². The smallest absolute Gasteiger partial charge is 0.341 e. The molecule has 0 bridgehead atoms. The summed E-state index contributed by atoms with van der Waals surface area (Å²) in [7, 11) is -5.17. The van der Waals surface area contributed by atoms with Gasteiger partial charge in [-0.25, -0.2) is 4.79 Å². The zero-order chi connectivity index (χ0) is 10.4. The molecular formula is C2H6N4O5S-2. The Morgan fingerprint density at radius 3 is 1.42 bits per heavy atom. The normalized spacial score (nSPS) is 9.17. The van der Waals surface area contributed by atoms with Crippen molar-refractivity contribution in [1.29, 1.82) is 0 Å². The van der Waals surface area contributed by atoms with Gasteiger partial charge in [-0.2, -0.15) is 4.99 Å². The van der Waals surface area contributed by atoms with Crippen molar-refractivity contribution in [3.63, 3.8) is 0 Å². The van der Waals surface area contributed by atoms with Crippen molar-refractivity contribution >= 4 is 22.4 Å². The van der Waals surface area contributed by atoms with E-state index in [1.165, 1.54) is 0 Å². The Balaban J connectivity index is 0. The van der Waals surface area contributed by atoms with Crippen molar-refractivity contribution in [1.82, 2.24) is 0 Å². The lowest BCUT2D eigenvalue weighted by Crippen LogP contribution is -2.25. The van der Waals surface area contributed by atoms with E-state index >= 15 is 0 Å². The second-order valence-corrected chi connectivity index (χ2v) is 2.10. The molecule has 0 fully saturated rings. The minimum atomic E-state index is -5.17. The van der Waals surface area contributed by atoms with Gasteiger partial charge in [0, 0.05) is 10.4 Å². The Labute approximate surface area is 67.8 Å². The second kappa shape index (κ2) is 5.29. The number of hydrogen-bond donors (Lipinski definition) is 3. The quantitative estimate of drug-likeness (QED) is 0.160. The molecule has 12 heavy (non-hydrogen) atoms. The van der Waals surface area contributed by atoms with E-state index in [4.69, 9.17) is 29.0 Å². The van der Waals surface area contributed by atoms with E-state index < -0.39 is 16.4 Å². The minimum absolute atomic E-state index is 0.312. The third-order valence-electron chi connectivity index (χ3n) is 0.239. The standard InChI is InChI=1S/C2H6N4O.H2O4S/c3-1(4)6-2(5)7;1-5(2,3)4/h(H6,3,4,5,6,7);(H2,1,2,3,4)/p-2. The highest BCUT2D eigenvalue weighted by Gasteiger charge is 1.83. The Hall–Kier alpha value is -1.39. The van der Waals surface area contributed by atoms with Crippen LogP contribution in [-0.4, -0.2) is 29.5 Å². The molecule has 10 heteroatoms. The molecule has 6 N–H and O–H groups in total. The number of hydrogen-bond acceptors (Lipinski definition) is 5. The van der Waals surface area contributed by atoms with Crippen LogP contribution in [0, 0.1) is 0 Å². The monoisotopic (exact) mass is 198 g/mol. The zero-order valence-corrected chi connectivity index (χ0v) is 6.45. The molecule has 0 aromatic heterocycles. The molecule has 0 heterocycles. The topological polar surface area (TPSA) is 188 Å². The van der Waals surface area contributed by atoms with Gasteiger partial charge in [0.25, 0.3) is 0 Å². The van der Waals surface area contributed by atoms with E-state index in [0.717, 1.165) is 0 Å². The number of nitrogens with two attached hydrogens (primary N) is 3. The van der Waals surface area contributed by atoms with Gasteiger partial charge >= 0.3 is 6.03 Å². The summed E-state index contributed by atoms with van der Waals surface area (Å²) < 4.78 is 34.1. The van der Waals surface area contributed by atoms with Gasteiger partial charge < -0.3 is 26.3 Å². The van der Waals surface area contributed by atoms with Crippen LogP contribution >= 0.6 is 0 Å². The highest BCUT2D eigenvalue weighted by Crippen LogP contribution is 1.60. The zero-order valence-electron chi connectivity index (χ0n) is 5.63. The summed E-state index contributed by atoms with van der Waals surface area (Å²) in [6, 6.07) is -0.875. The lowest BCUT2D eigenvalue weighted by Gasteiger charge is -2.06. The van der Waals surface area contributed by atoms with E-state index in [1.807, 2.05) is 0 Å². The number of carbonyl (C=O) groups is 1. The van der Waals surface area contributed by atoms with Gasteiger partial charge in [-0.05, 0) is 0 Å². The number of rotatable bonds is 0. The maximum absolute atomic E-state index is 9.68. The number of nitrogens with zero attached hydrogens (tertiary/aromatic N) is 1. The van der Waals surface area contributed by atoms with Crippen molar-refractivity contribution in [2.75, 3.05) is 0 Å². The molecule has 2 amide bonds. The van der Waals surface area contributed by atoms with E-state index in [0.29, 0.717) is 0 Å². The Morgan fingerprint density at radius 1 is 1.17 bits per heavy atom. The third kappa shape index (κ3) is 73.2. The fourth-order valence-corrected chi connectivity index (χ4v) is 0.127. The summed E-state index contributed by atoms with van der Waals surface area (Å²) in [4.78, 5) is 12.6. The van der Waals surface area contributed by atoms with Crippen LogP contribution < -0.4 is 17.2 Å². The number of aliphatic imine (C=N–C) groups is 1. The number of primary amides is 1. The highest BCUT2D eigenvalue weighted by atomic mass is 32.3. The summed E-state index contributed by atoms with van der Waals surface area (Å²) >= 11 is 0. The summed E-state index contributed by atoms with van der Waals surface area (Å²) in [5, 5.41) is 0. The first-order valence-electron chi connectivity index (χ1n) is 2.18. The molecule has 0 aromatic rings. The van der Waals surface area contributed by atoms with Crippen molar-refractivity contribution < 1.29 is 22.3 Å². The molecule has 0 aromatic carbocycles. The summed E-state index contributed by atoms with van der Waals surface area (Å²) in [5.41, 5.74) is 13.9. The van der Waals surface area contributed by atoms with Crippen LogP contribution in [0.15, 0.2) is 4.99 Å². The molecular weight excluding hydrogens is 192 g/mol. The van der Waals surface area contributed by atoms with Gasteiger partial charge in [-0.1, -0.05) is 0 Å². The first-order chi connectivity index (χ1) is 5.13. The fraction of sp³-hybridized carbons (Fsp3) is 0.